The van der Waals surface area contributed by atoms with Crippen LogP contribution in [-0.2, 0) is 27.0 Å². The number of hydrogen-bond acceptors (Lipinski definition) is 6. The van der Waals surface area contributed by atoms with Gasteiger partial charge in [-0.25, -0.2) is 9.18 Å². The van der Waals surface area contributed by atoms with E-state index in [0.717, 1.165) is 13.2 Å². The molecule has 0 spiro atoms. The Labute approximate surface area is 173 Å². The minimum absolute atomic E-state index is 0.112. The number of carbonyl (C=O) groups excluding carboxylic acids is 1. The molecule has 0 aliphatic rings. The zero-order valence-corrected chi connectivity index (χ0v) is 16.4. The molecular formula is C18H16ClF4N3O4. The zero-order chi connectivity index (χ0) is 22.6. The van der Waals surface area contributed by atoms with Crippen LogP contribution in [0.15, 0.2) is 30.0 Å². The molecule has 0 aliphatic heterocycles. The second kappa shape index (κ2) is 9.26. The van der Waals surface area contributed by atoms with E-state index < -0.39 is 51.8 Å². The Balaban J connectivity index is 2.76. The number of esters is 1. The number of nitrogens with zero attached hydrogens (tertiary/aromatic N) is 2. The van der Waals surface area contributed by atoms with Crippen LogP contribution in [0, 0.1) is 11.2 Å². The summed E-state index contributed by atoms with van der Waals surface area (Å²) < 4.78 is 64.9. The first-order valence-corrected chi connectivity index (χ1v) is 8.59. The summed E-state index contributed by atoms with van der Waals surface area (Å²) in [5.74, 6) is -3.65. The van der Waals surface area contributed by atoms with Gasteiger partial charge in [-0.05, 0) is 12.1 Å². The molecule has 2 rings (SSSR count). The molecular weight excluding hydrogens is 434 g/mol. The van der Waals surface area contributed by atoms with Crippen LogP contribution in [0.3, 0.4) is 0 Å². The van der Waals surface area contributed by atoms with Crippen molar-refractivity contribution in [3.63, 3.8) is 0 Å². The highest BCUT2D eigenvalue weighted by Crippen LogP contribution is 2.36. The van der Waals surface area contributed by atoms with Gasteiger partial charge in [-0.15, -0.1) is 0 Å². The summed E-state index contributed by atoms with van der Waals surface area (Å²) >= 11 is 5.88. The molecule has 162 valence electrons. The molecule has 0 saturated heterocycles. The third-order valence-electron chi connectivity index (χ3n) is 3.96. The highest BCUT2D eigenvalue weighted by Gasteiger charge is 2.40. The van der Waals surface area contributed by atoms with Crippen LogP contribution in [0.5, 0.6) is 0 Å². The monoisotopic (exact) mass is 449 g/mol. The number of benzene rings is 1. The van der Waals surface area contributed by atoms with Gasteiger partial charge in [-0.2, -0.15) is 18.3 Å². The van der Waals surface area contributed by atoms with Gasteiger partial charge in [0.15, 0.2) is 5.69 Å². The number of ether oxygens (including phenoxy) is 2. The van der Waals surface area contributed by atoms with E-state index in [2.05, 4.69) is 9.84 Å². The molecule has 1 aromatic heterocycles. The number of nitrogens with one attached hydrogen (secondary N) is 1. The summed E-state index contributed by atoms with van der Waals surface area (Å²) in [6.45, 7) is -0.415. The van der Waals surface area contributed by atoms with Gasteiger partial charge in [0, 0.05) is 7.11 Å². The maximum atomic E-state index is 14.2. The van der Waals surface area contributed by atoms with Gasteiger partial charge in [0.2, 0.25) is 0 Å². The lowest BCUT2D eigenvalue weighted by atomic mass is 9.98. The topological polar surface area (TPSA) is 97.4 Å². The van der Waals surface area contributed by atoms with Crippen LogP contribution in [0.25, 0.3) is 5.76 Å². The van der Waals surface area contributed by atoms with Crippen molar-refractivity contribution in [3.8, 4) is 0 Å². The number of aliphatic hydroxyl groups excluding tert-OH is 1. The Morgan fingerprint density at radius 3 is 2.53 bits per heavy atom. The molecule has 0 unspecified atom stereocenters. The number of carbonyl (C=O) groups is 1. The summed E-state index contributed by atoms with van der Waals surface area (Å²) in [6.07, 6.45) is -4.31. The number of methoxy groups -OCH3 is 2. The smallest absolute Gasteiger partial charge is 0.433 e. The third-order valence-corrected chi connectivity index (χ3v) is 4.27. The van der Waals surface area contributed by atoms with Crippen molar-refractivity contribution in [2.75, 3.05) is 20.8 Å². The van der Waals surface area contributed by atoms with Crippen molar-refractivity contribution in [1.29, 1.82) is 5.41 Å². The number of aliphatic hydroxyl groups is 1. The summed E-state index contributed by atoms with van der Waals surface area (Å²) in [5, 5.41) is 22.0. The standard InChI is InChI=1S/C18H16ClF4N3O4/c1-29-7-6-26-16(18(21,22)23)9(8-25-26)15(27)13(17(28)30-2)14(24)12-10(19)4-3-5-11(12)20/h3-5,8,24,27H,6-7H2,1-2H3/b15-13+,24-14?. The molecule has 2 N–H and O–H groups in total. The maximum Gasteiger partial charge on any atom is 0.433 e. The number of halogens is 5. The SMILES string of the molecule is COCCn1ncc(/C(O)=C(/C(=N)c2c(F)cccc2Cl)C(=O)OC)c1C(F)(F)F. The molecule has 12 heteroatoms. The Hall–Kier alpha value is -2.92. The Bertz CT molecular complexity index is 982. The predicted octanol–water partition coefficient (Wildman–Crippen LogP) is 3.85. The summed E-state index contributed by atoms with van der Waals surface area (Å²) in [7, 11) is 2.17. The second-order valence-corrected chi connectivity index (χ2v) is 6.21. The molecule has 0 amide bonds. The van der Waals surface area contributed by atoms with Crippen LogP contribution in [0.1, 0.15) is 16.8 Å². The molecule has 0 bridgehead atoms. The zero-order valence-electron chi connectivity index (χ0n) is 15.7. The number of alkyl halides is 3. The van der Waals surface area contributed by atoms with E-state index in [-0.39, 0.29) is 18.2 Å². The summed E-state index contributed by atoms with van der Waals surface area (Å²) in [5.41, 5.74) is -4.84. The van der Waals surface area contributed by atoms with Crippen molar-refractivity contribution in [1.82, 2.24) is 9.78 Å². The molecule has 0 saturated carbocycles. The van der Waals surface area contributed by atoms with E-state index in [0.29, 0.717) is 10.9 Å². The molecule has 0 fully saturated rings. The number of rotatable bonds is 7. The quantitative estimate of drug-likeness (QED) is 0.220. The first-order valence-electron chi connectivity index (χ1n) is 8.21. The van der Waals surface area contributed by atoms with E-state index in [4.69, 9.17) is 21.7 Å². The Morgan fingerprint density at radius 2 is 2.00 bits per heavy atom. The largest absolute Gasteiger partial charge is 0.506 e. The molecule has 0 atom stereocenters. The van der Waals surface area contributed by atoms with Crippen LogP contribution in [0.4, 0.5) is 17.6 Å². The van der Waals surface area contributed by atoms with Crippen molar-refractivity contribution in [2.45, 2.75) is 12.7 Å². The minimum atomic E-state index is -4.98. The van der Waals surface area contributed by atoms with E-state index in [1.807, 2.05) is 0 Å². The van der Waals surface area contributed by atoms with Gasteiger partial charge in [-0.3, -0.25) is 10.1 Å². The van der Waals surface area contributed by atoms with Crippen molar-refractivity contribution in [2.24, 2.45) is 0 Å². The summed E-state index contributed by atoms with van der Waals surface area (Å²) in [6, 6.07) is 3.38. The maximum absolute atomic E-state index is 14.2. The summed E-state index contributed by atoms with van der Waals surface area (Å²) in [4.78, 5) is 12.2. The molecule has 30 heavy (non-hydrogen) atoms. The molecule has 0 radical (unpaired) electrons. The van der Waals surface area contributed by atoms with Gasteiger partial charge >= 0.3 is 12.1 Å². The van der Waals surface area contributed by atoms with Crippen molar-refractivity contribution >= 4 is 29.0 Å². The van der Waals surface area contributed by atoms with E-state index >= 15 is 0 Å². The van der Waals surface area contributed by atoms with E-state index in [9.17, 15) is 27.5 Å². The van der Waals surface area contributed by atoms with Gasteiger partial charge in [0.05, 0.1) is 48.3 Å². The van der Waals surface area contributed by atoms with Crippen LogP contribution < -0.4 is 0 Å². The fourth-order valence-electron chi connectivity index (χ4n) is 2.62. The van der Waals surface area contributed by atoms with Gasteiger partial charge in [0.25, 0.3) is 0 Å². The molecule has 1 heterocycles. The normalized spacial score (nSPS) is 12.5. The first kappa shape index (κ1) is 23.4. The average molecular weight is 450 g/mol. The van der Waals surface area contributed by atoms with Gasteiger partial charge < -0.3 is 14.6 Å². The van der Waals surface area contributed by atoms with Gasteiger partial charge in [0.1, 0.15) is 17.1 Å². The predicted molar refractivity (Wildman–Crippen MR) is 98.9 cm³/mol. The van der Waals surface area contributed by atoms with Crippen molar-refractivity contribution < 1.29 is 36.9 Å². The van der Waals surface area contributed by atoms with Crippen molar-refractivity contribution in [3.05, 3.63) is 57.6 Å². The molecule has 2 aromatic rings. The highest BCUT2D eigenvalue weighted by molar-refractivity contribution is 6.38. The number of aromatic nitrogens is 2. The lowest BCUT2D eigenvalue weighted by molar-refractivity contribution is -0.145. The number of hydrogen-bond donors (Lipinski definition) is 2. The fourth-order valence-corrected chi connectivity index (χ4v) is 2.88. The Kier molecular flexibility index (Phi) is 7.21. The molecule has 7 nitrogen and oxygen atoms in total. The van der Waals surface area contributed by atoms with E-state index in [1.165, 1.54) is 19.2 Å². The Morgan fingerprint density at radius 1 is 1.33 bits per heavy atom. The van der Waals surface area contributed by atoms with E-state index in [1.54, 1.807) is 0 Å². The first-order chi connectivity index (χ1) is 14.0. The second-order valence-electron chi connectivity index (χ2n) is 5.81. The highest BCUT2D eigenvalue weighted by atomic mass is 35.5. The van der Waals surface area contributed by atoms with Crippen LogP contribution in [-0.4, -0.2) is 47.4 Å². The fraction of sp³-hybridized carbons (Fsp3) is 0.278. The minimum Gasteiger partial charge on any atom is -0.506 e. The third kappa shape index (κ3) is 4.62. The molecule has 0 aliphatic carbocycles. The lowest BCUT2D eigenvalue weighted by Crippen LogP contribution is -2.21. The lowest BCUT2D eigenvalue weighted by Gasteiger charge is -2.15. The van der Waals surface area contributed by atoms with Crippen LogP contribution in [0.2, 0.25) is 5.02 Å². The van der Waals surface area contributed by atoms with Crippen LogP contribution >= 0.6 is 11.6 Å². The average Bonchev–Trinajstić information content (AvgIpc) is 3.10. The molecule has 1 aromatic carbocycles. The van der Waals surface area contributed by atoms with Gasteiger partial charge in [-0.1, -0.05) is 17.7 Å².